The van der Waals surface area contributed by atoms with E-state index < -0.39 is 53.1 Å². The molecule has 0 saturated carbocycles. The third-order valence-electron chi connectivity index (χ3n) is 10.3. The first-order chi connectivity index (χ1) is 24.6. The minimum Gasteiger partial charge on any atom is -0.346 e. The van der Waals surface area contributed by atoms with Crippen LogP contribution in [-0.2, 0) is 24.0 Å². The molecule has 2 fully saturated rings. The van der Waals surface area contributed by atoms with Gasteiger partial charge in [0.25, 0.3) is 5.91 Å². The van der Waals surface area contributed by atoms with Crippen molar-refractivity contribution in [1.29, 1.82) is 0 Å². The van der Waals surface area contributed by atoms with Crippen molar-refractivity contribution < 1.29 is 28.8 Å². The fourth-order valence-electron chi connectivity index (χ4n) is 7.02. The summed E-state index contributed by atoms with van der Waals surface area (Å²) in [6.45, 7) is 20.7. The van der Waals surface area contributed by atoms with Crippen molar-refractivity contribution in [2.45, 2.75) is 157 Å². The molecule has 12 heteroatoms. The number of urea groups is 1. The highest BCUT2D eigenvalue weighted by atomic mass is 16.2. The van der Waals surface area contributed by atoms with Crippen LogP contribution in [0.15, 0.2) is 23.8 Å². The van der Waals surface area contributed by atoms with Crippen molar-refractivity contribution >= 4 is 35.4 Å². The summed E-state index contributed by atoms with van der Waals surface area (Å²) < 4.78 is 0. The number of hydrogen-bond donors (Lipinski definition) is 4. The lowest BCUT2D eigenvalue weighted by molar-refractivity contribution is -0.143. The van der Waals surface area contributed by atoms with Gasteiger partial charge in [0.05, 0.1) is 12.1 Å². The summed E-state index contributed by atoms with van der Waals surface area (Å²) in [5.41, 5.74) is 0.931. The van der Waals surface area contributed by atoms with E-state index in [0.717, 1.165) is 62.5 Å². The number of hydrogen-bond acceptors (Lipinski definition) is 6. The second kappa shape index (κ2) is 21.7. The molecule has 2 aliphatic rings. The highest BCUT2D eigenvalue weighted by Gasteiger charge is 2.45. The summed E-state index contributed by atoms with van der Waals surface area (Å²) in [7, 11) is 0. The average molecular weight is 729 g/mol. The number of nitrogens with one attached hydrogen (secondary N) is 4. The third-order valence-corrected chi connectivity index (χ3v) is 10.3. The van der Waals surface area contributed by atoms with Crippen LogP contribution in [0, 0.1) is 11.3 Å². The predicted molar refractivity (Wildman–Crippen MR) is 205 cm³/mol. The molecule has 0 bridgehead atoms. The molecule has 0 aromatic carbocycles. The predicted octanol–water partition coefficient (Wildman–Crippen LogP) is 5.17. The second-order valence-electron chi connectivity index (χ2n) is 15.9. The fourth-order valence-corrected chi connectivity index (χ4v) is 7.02. The topological polar surface area (TPSA) is 157 Å². The number of nitrogens with zero attached hydrogens (tertiary/aromatic N) is 2. The number of likely N-dealkylation sites (tertiary alicyclic amines) is 2. The molecule has 6 amide bonds. The molecule has 2 heterocycles. The van der Waals surface area contributed by atoms with E-state index in [0.29, 0.717) is 32.4 Å². The SMILES string of the molecule is C=CCNC(=O)C(=O)C(CCCCC)NC(=O)[C@@H]1C(=C(C)C)CCN1C(=O)[C@@H](NC(=O)N[C@H](CN1CCCCC1=O)C(C)CCCCC)C(C)(C)C. The van der Waals surface area contributed by atoms with Gasteiger partial charge in [0.15, 0.2) is 0 Å². The zero-order valence-electron chi connectivity index (χ0n) is 33.3. The van der Waals surface area contributed by atoms with Gasteiger partial charge < -0.3 is 31.1 Å². The van der Waals surface area contributed by atoms with Crippen LogP contribution in [0.3, 0.4) is 0 Å². The van der Waals surface area contributed by atoms with Gasteiger partial charge in [-0.15, -0.1) is 6.58 Å². The highest BCUT2D eigenvalue weighted by molar-refractivity contribution is 6.38. The molecule has 0 aromatic rings. The van der Waals surface area contributed by atoms with E-state index in [1.807, 2.05) is 46.4 Å². The van der Waals surface area contributed by atoms with Gasteiger partial charge in [-0.2, -0.15) is 0 Å². The molecule has 2 aliphatic heterocycles. The standard InChI is InChI=1S/C40H68N6O6/c1-10-13-15-19-28(6)31(26-45-24-18-17-21-32(45)47)43-39(52)44-35(40(7,8)9)38(51)46-25-22-29(27(4)5)33(46)36(49)42-30(20-16-14-11-2)34(48)37(50)41-23-12-3/h12,28,30-31,33,35H,3,10-11,13-26H2,1-2,4-9H3,(H,41,50)(H,42,49)(H2,43,44,52)/t28?,30?,31-,33+,35-/m1/s1. The molecule has 2 saturated heterocycles. The zero-order chi connectivity index (χ0) is 39.0. The van der Waals surface area contributed by atoms with Crippen LogP contribution >= 0.6 is 0 Å². The van der Waals surface area contributed by atoms with E-state index in [9.17, 15) is 28.8 Å². The summed E-state index contributed by atoms with van der Waals surface area (Å²) in [6, 6.07) is -3.84. The Morgan fingerprint density at radius 1 is 0.904 bits per heavy atom. The highest BCUT2D eigenvalue weighted by Crippen LogP contribution is 2.31. The van der Waals surface area contributed by atoms with Gasteiger partial charge in [-0.1, -0.05) is 91.7 Å². The molecule has 294 valence electrons. The van der Waals surface area contributed by atoms with Gasteiger partial charge in [0, 0.05) is 32.6 Å². The molecule has 4 N–H and O–H groups in total. The Bertz CT molecular complexity index is 1290. The largest absolute Gasteiger partial charge is 0.346 e. The van der Waals surface area contributed by atoms with Crippen molar-refractivity contribution in [3.8, 4) is 0 Å². The van der Waals surface area contributed by atoms with Crippen LogP contribution in [0.4, 0.5) is 4.79 Å². The van der Waals surface area contributed by atoms with Crippen molar-refractivity contribution in [3.63, 3.8) is 0 Å². The Hall–Kier alpha value is -3.70. The first-order valence-electron chi connectivity index (χ1n) is 19.6. The molecule has 0 spiro atoms. The van der Waals surface area contributed by atoms with E-state index >= 15 is 0 Å². The van der Waals surface area contributed by atoms with Gasteiger partial charge in [-0.05, 0) is 62.9 Å². The monoisotopic (exact) mass is 729 g/mol. The number of rotatable bonds is 20. The summed E-state index contributed by atoms with van der Waals surface area (Å²) in [5, 5.41) is 11.4. The molecule has 2 unspecified atom stereocenters. The molecule has 12 nitrogen and oxygen atoms in total. The minimum atomic E-state index is -1.05. The Balaban J connectivity index is 2.35. The number of allylic oxidation sites excluding steroid dienone is 1. The summed E-state index contributed by atoms with van der Waals surface area (Å²) >= 11 is 0. The lowest BCUT2D eigenvalue weighted by atomic mass is 9.85. The van der Waals surface area contributed by atoms with E-state index in [2.05, 4.69) is 41.7 Å². The third kappa shape index (κ3) is 13.4. The number of carbonyl (C=O) groups is 6. The smallest absolute Gasteiger partial charge is 0.315 e. The van der Waals surface area contributed by atoms with E-state index in [1.165, 1.54) is 11.0 Å². The number of carbonyl (C=O) groups excluding carboxylic acids is 6. The van der Waals surface area contributed by atoms with Crippen molar-refractivity contribution in [2.75, 3.05) is 26.2 Å². The average Bonchev–Trinajstić information content (AvgIpc) is 3.55. The van der Waals surface area contributed by atoms with Crippen LogP contribution in [0.2, 0.25) is 0 Å². The number of unbranched alkanes of at least 4 members (excludes halogenated alkanes) is 4. The van der Waals surface area contributed by atoms with Crippen molar-refractivity contribution in [2.24, 2.45) is 11.3 Å². The summed E-state index contributed by atoms with van der Waals surface area (Å²) in [5.74, 6) is -2.27. The zero-order valence-corrected chi connectivity index (χ0v) is 33.3. The van der Waals surface area contributed by atoms with E-state index in [-0.39, 0.29) is 37.4 Å². The first-order valence-corrected chi connectivity index (χ1v) is 19.6. The molecule has 2 rings (SSSR count). The Labute approximate surface area is 312 Å². The molecule has 0 aromatic heterocycles. The molecular weight excluding hydrogens is 660 g/mol. The minimum absolute atomic E-state index is 0.0992. The maximum absolute atomic E-state index is 14.5. The van der Waals surface area contributed by atoms with Crippen LogP contribution in [-0.4, -0.2) is 95.6 Å². The van der Waals surface area contributed by atoms with Gasteiger partial charge in [-0.3, -0.25) is 24.0 Å². The van der Waals surface area contributed by atoms with Gasteiger partial charge in [0.1, 0.15) is 12.1 Å². The van der Waals surface area contributed by atoms with Crippen molar-refractivity contribution in [1.82, 2.24) is 31.1 Å². The van der Waals surface area contributed by atoms with E-state index in [1.54, 1.807) is 0 Å². The number of amides is 6. The van der Waals surface area contributed by atoms with Crippen LogP contribution in [0.25, 0.3) is 0 Å². The first kappa shape index (κ1) is 44.5. The molecule has 52 heavy (non-hydrogen) atoms. The van der Waals surface area contributed by atoms with Gasteiger partial charge in [0.2, 0.25) is 23.5 Å². The second-order valence-corrected chi connectivity index (χ2v) is 15.9. The lowest BCUT2D eigenvalue weighted by Crippen LogP contribution is -2.61. The van der Waals surface area contributed by atoms with Crippen LogP contribution < -0.4 is 21.3 Å². The Morgan fingerprint density at radius 2 is 1.56 bits per heavy atom. The van der Waals surface area contributed by atoms with Gasteiger partial charge >= 0.3 is 6.03 Å². The Morgan fingerprint density at radius 3 is 2.13 bits per heavy atom. The van der Waals surface area contributed by atoms with Crippen molar-refractivity contribution in [3.05, 3.63) is 23.8 Å². The molecule has 0 aliphatic carbocycles. The lowest BCUT2D eigenvalue weighted by Gasteiger charge is -2.37. The van der Waals surface area contributed by atoms with Crippen LogP contribution in [0.1, 0.15) is 132 Å². The molecule has 0 radical (unpaired) electrons. The summed E-state index contributed by atoms with van der Waals surface area (Å²) in [6.07, 6.45) is 11.0. The quantitative estimate of drug-likeness (QED) is 0.0770. The normalized spacial score (nSPS) is 18.6. The number of piperidine rings is 1. The number of ketones is 1. The molecule has 5 atom stereocenters. The summed E-state index contributed by atoms with van der Waals surface area (Å²) in [4.78, 5) is 84.3. The fraction of sp³-hybridized carbons (Fsp3) is 0.750. The maximum Gasteiger partial charge on any atom is 0.315 e. The van der Waals surface area contributed by atoms with E-state index in [4.69, 9.17) is 0 Å². The molecular formula is C40H68N6O6. The Kier molecular flexibility index (Phi) is 18.6. The van der Waals surface area contributed by atoms with Gasteiger partial charge in [-0.25, -0.2) is 4.79 Å². The maximum atomic E-state index is 14.5. The van der Waals surface area contributed by atoms with Crippen LogP contribution in [0.5, 0.6) is 0 Å². The number of Topliss-reactive ketones (excluding diaryl/α,β-unsaturated/α-hetero) is 1.